The van der Waals surface area contributed by atoms with Gasteiger partial charge in [-0.05, 0) is 32.1 Å². The minimum absolute atomic E-state index is 0.166. The van der Waals surface area contributed by atoms with Gasteiger partial charge in [0.05, 0.1) is 0 Å². The van der Waals surface area contributed by atoms with E-state index in [0.29, 0.717) is 26.2 Å². The number of aliphatic hydroxyl groups is 1. The Hall–Kier alpha value is -0.430. The van der Waals surface area contributed by atoms with Crippen molar-refractivity contribution < 1.29 is 13.5 Å². The van der Waals surface area contributed by atoms with Gasteiger partial charge in [-0.1, -0.05) is 11.6 Å². The molecule has 6 heteroatoms. The lowest BCUT2D eigenvalue weighted by Gasteiger charge is -2.35. The van der Waals surface area contributed by atoms with Crippen molar-refractivity contribution in [2.24, 2.45) is 5.92 Å². The van der Waals surface area contributed by atoms with Crippen LogP contribution < -0.4 is 0 Å². The molecule has 1 N–H and O–H groups in total. The molecule has 0 aliphatic carbocycles. The number of nitrogens with zero attached hydrogens (tertiary/aromatic N) is 2. The highest BCUT2D eigenvalue weighted by Crippen LogP contribution is 2.22. The first-order chi connectivity index (χ1) is 8.54. The van der Waals surface area contributed by atoms with Gasteiger partial charge in [-0.2, -0.15) is 17.0 Å². The van der Waals surface area contributed by atoms with Gasteiger partial charge in [-0.3, -0.25) is 0 Å². The van der Waals surface area contributed by atoms with E-state index in [0.717, 1.165) is 24.8 Å². The Balaban J connectivity index is 2.01. The average molecular weight is 274 g/mol. The lowest BCUT2D eigenvalue weighted by molar-refractivity contribution is 0.166. The van der Waals surface area contributed by atoms with E-state index in [1.165, 1.54) is 0 Å². The number of rotatable bonds is 3. The summed E-state index contributed by atoms with van der Waals surface area (Å²) in [5.74, 6) is 0.263. The molecule has 2 heterocycles. The van der Waals surface area contributed by atoms with Crippen molar-refractivity contribution in [3.05, 3.63) is 11.6 Å². The normalized spacial score (nSPS) is 25.1. The molecule has 5 nitrogen and oxygen atoms in total. The molecular weight excluding hydrogens is 252 g/mol. The fraction of sp³-hybridized carbons (Fsp3) is 0.833. The molecule has 0 aromatic carbocycles. The van der Waals surface area contributed by atoms with Crippen LogP contribution in [0.2, 0.25) is 0 Å². The van der Waals surface area contributed by atoms with Gasteiger partial charge in [0.2, 0.25) is 0 Å². The zero-order valence-electron chi connectivity index (χ0n) is 10.9. The van der Waals surface area contributed by atoms with E-state index in [1.807, 2.05) is 6.92 Å². The minimum atomic E-state index is -3.31. The van der Waals surface area contributed by atoms with Gasteiger partial charge >= 0.3 is 0 Å². The third-order valence-electron chi connectivity index (χ3n) is 3.78. The third-order valence-corrected chi connectivity index (χ3v) is 5.76. The van der Waals surface area contributed by atoms with E-state index in [1.54, 1.807) is 8.61 Å². The highest BCUT2D eigenvalue weighted by Gasteiger charge is 2.33. The fourth-order valence-corrected chi connectivity index (χ4v) is 4.26. The van der Waals surface area contributed by atoms with Crippen LogP contribution in [0.4, 0.5) is 0 Å². The van der Waals surface area contributed by atoms with Crippen molar-refractivity contribution in [2.45, 2.75) is 26.2 Å². The molecule has 18 heavy (non-hydrogen) atoms. The first kappa shape index (κ1) is 14.0. The van der Waals surface area contributed by atoms with Crippen molar-refractivity contribution in [3.8, 4) is 0 Å². The summed E-state index contributed by atoms with van der Waals surface area (Å²) in [6.07, 6.45) is 4.43. The predicted molar refractivity (Wildman–Crippen MR) is 70.2 cm³/mol. The predicted octanol–water partition coefficient (Wildman–Crippen LogP) is 0.588. The van der Waals surface area contributed by atoms with Gasteiger partial charge in [0.1, 0.15) is 0 Å². The summed E-state index contributed by atoms with van der Waals surface area (Å²) < 4.78 is 28.0. The van der Waals surface area contributed by atoms with Gasteiger partial charge in [0, 0.05) is 32.8 Å². The van der Waals surface area contributed by atoms with Crippen molar-refractivity contribution in [1.82, 2.24) is 8.61 Å². The van der Waals surface area contributed by atoms with E-state index in [2.05, 4.69) is 6.08 Å². The van der Waals surface area contributed by atoms with Crippen molar-refractivity contribution in [2.75, 3.05) is 32.8 Å². The highest BCUT2D eigenvalue weighted by atomic mass is 32.2. The Morgan fingerprint density at radius 3 is 2.50 bits per heavy atom. The molecule has 0 spiro atoms. The molecule has 1 saturated heterocycles. The molecule has 0 bridgehead atoms. The van der Waals surface area contributed by atoms with Gasteiger partial charge in [-0.15, -0.1) is 0 Å². The van der Waals surface area contributed by atoms with Gasteiger partial charge in [0.25, 0.3) is 10.2 Å². The Labute approximate surface area is 109 Å². The van der Waals surface area contributed by atoms with Gasteiger partial charge in [-0.25, -0.2) is 0 Å². The van der Waals surface area contributed by atoms with E-state index < -0.39 is 10.2 Å². The molecule has 0 aromatic heterocycles. The standard InChI is InChI=1S/C12H22N2O3S/c1-11-3-2-6-14(9-11)18(16,17)13-7-4-12(10-15)5-8-13/h3,12,15H,2,4-10H2,1H3. The summed E-state index contributed by atoms with van der Waals surface area (Å²) in [4.78, 5) is 0. The maximum Gasteiger partial charge on any atom is 0.282 e. The van der Waals surface area contributed by atoms with Gasteiger partial charge in [0.15, 0.2) is 0 Å². The van der Waals surface area contributed by atoms with Crippen LogP contribution in [0.15, 0.2) is 11.6 Å². The van der Waals surface area contributed by atoms with E-state index in [4.69, 9.17) is 5.11 Å². The second-order valence-electron chi connectivity index (χ2n) is 5.21. The Morgan fingerprint density at radius 1 is 1.28 bits per heavy atom. The topological polar surface area (TPSA) is 60.9 Å². The largest absolute Gasteiger partial charge is 0.396 e. The summed E-state index contributed by atoms with van der Waals surface area (Å²) >= 11 is 0. The molecule has 2 aliphatic rings. The van der Waals surface area contributed by atoms with E-state index in [-0.39, 0.29) is 12.5 Å². The fourth-order valence-electron chi connectivity index (χ4n) is 2.56. The molecule has 0 unspecified atom stereocenters. The van der Waals surface area contributed by atoms with Crippen LogP contribution in [0.1, 0.15) is 26.2 Å². The molecule has 1 fully saturated rings. The number of hydrogen-bond acceptors (Lipinski definition) is 3. The molecule has 2 rings (SSSR count). The molecule has 2 aliphatic heterocycles. The molecule has 0 saturated carbocycles. The summed E-state index contributed by atoms with van der Waals surface area (Å²) in [5.41, 5.74) is 1.12. The summed E-state index contributed by atoms with van der Waals surface area (Å²) in [5, 5.41) is 9.08. The van der Waals surface area contributed by atoms with Crippen molar-refractivity contribution in [1.29, 1.82) is 0 Å². The van der Waals surface area contributed by atoms with Crippen LogP contribution in [-0.4, -0.2) is 54.9 Å². The average Bonchev–Trinajstić information content (AvgIpc) is 2.39. The summed E-state index contributed by atoms with van der Waals surface area (Å²) in [7, 11) is -3.31. The molecule has 0 amide bonds. The van der Waals surface area contributed by atoms with Crippen LogP contribution in [0.3, 0.4) is 0 Å². The molecule has 104 valence electrons. The Kier molecular flexibility index (Phi) is 4.42. The zero-order valence-corrected chi connectivity index (χ0v) is 11.7. The first-order valence-electron chi connectivity index (χ1n) is 6.55. The van der Waals surface area contributed by atoms with Crippen LogP contribution in [0, 0.1) is 5.92 Å². The van der Waals surface area contributed by atoms with Crippen LogP contribution in [-0.2, 0) is 10.2 Å². The summed E-state index contributed by atoms with van der Waals surface area (Å²) in [6, 6.07) is 0. The smallest absolute Gasteiger partial charge is 0.282 e. The lowest BCUT2D eigenvalue weighted by atomic mass is 10.00. The molecule has 0 radical (unpaired) electrons. The number of piperidine rings is 1. The molecule has 0 atom stereocenters. The minimum Gasteiger partial charge on any atom is -0.396 e. The lowest BCUT2D eigenvalue weighted by Crippen LogP contribution is -2.48. The quantitative estimate of drug-likeness (QED) is 0.766. The third kappa shape index (κ3) is 2.93. The second-order valence-corrected chi connectivity index (χ2v) is 7.13. The molecular formula is C12H22N2O3S. The zero-order chi connectivity index (χ0) is 13.2. The maximum absolute atomic E-state index is 12.4. The second kappa shape index (κ2) is 5.69. The highest BCUT2D eigenvalue weighted by molar-refractivity contribution is 7.86. The summed E-state index contributed by atoms with van der Waals surface area (Å²) in [6.45, 7) is 4.31. The monoisotopic (exact) mass is 274 g/mol. The Morgan fingerprint density at radius 2 is 1.94 bits per heavy atom. The Bertz CT molecular complexity index is 411. The van der Waals surface area contributed by atoms with Crippen molar-refractivity contribution in [3.63, 3.8) is 0 Å². The van der Waals surface area contributed by atoms with E-state index >= 15 is 0 Å². The molecule has 0 aromatic rings. The first-order valence-corrected chi connectivity index (χ1v) is 7.95. The number of hydrogen-bond donors (Lipinski definition) is 1. The van der Waals surface area contributed by atoms with Crippen LogP contribution in [0.5, 0.6) is 0 Å². The van der Waals surface area contributed by atoms with E-state index in [9.17, 15) is 8.42 Å². The van der Waals surface area contributed by atoms with Crippen LogP contribution in [0.25, 0.3) is 0 Å². The number of aliphatic hydroxyl groups excluding tert-OH is 1. The maximum atomic E-state index is 12.4. The van der Waals surface area contributed by atoms with Crippen LogP contribution >= 0.6 is 0 Å². The van der Waals surface area contributed by atoms with Gasteiger partial charge < -0.3 is 5.11 Å². The van der Waals surface area contributed by atoms with Crippen molar-refractivity contribution >= 4 is 10.2 Å². The SMILES string of the molecule is CC1=CCCN(S(=O)(=O)N2CCC(CO)CC2)C1.